The van der Waals surface area contributed by atoms with Crippen LogP contribution in [0.3, 0.4) is 0 Å². The Balaban J connectivity index is 2.18. The SMILES string of the molecule is COC(=O)C(C)N(C)C(=O)C1(c2cc(C)no2)CC1. The van der Waals surface area contributed by atoms with E-state index in [1.807, 2.05) is 6.92 Å². The number of methoxy groups -OCH3 is 1. The van der Waals surface area contributed by atoms with Crippen molar-refractivity contribution in [2.45, 2.75) is 38.1 Å². The van der Waals surface area contributed by atoms with E-state index in [0.717, 1.165) is 18.5 Å². The van der Waals surface area contributed by atoms with Crippen molar-refractivity contribution in [1.82, 2.24) is 10.1 Å². The Morgan fingerprint density at radius 3 is 2.58 bits per heavy atom. The summed E-state index contributed by atoms with van der Waals surface area (Å²) in [5.41, 5.74) is 0.107. The van der Waals surface area contributed by atoms with E-state index in [1.165, 1.54) is 12.0 Å². The van der Waals surface area contributed by atoms with Gasteiger partial charge in [0.2, 0.25) is 5.91 Å². The molecule has 0 bridgehead atoms. The first-order chi connectivity index (χ1) is 8.92. The predicted octanol–water partition coefficient (Wildman–Crippen LogP) is 1.03. The molecule has 19 heavy (non-hydrogen) atoms. The van der Waals surface area contributed by atoms with Crippen LogP contribution >= 0.6 is 0 Å². The topological polar surface area (TPSA) is 72.6 Å². The minimum Gasteiger partial charge on any atom is -0.467 e. The predicted molar refractivity (Wildman–Crippen MR) is 66.4 cm³/mol. The van der Waals surface area contributed by atoms with Gasteiger partial charge in [0.1, 0.15) is 11.5 Å². The summed E-state index contributed by atoms with van der Waals surface area (Å²) in [6.45, 7) is 3.46. The number of ether oxygens (including phenoxy) is 1. The number of carbonyl (C=O) groups is 2. The van der Waals surface area contributed by atoms with Crippen LogP contribution in [-0.4, -0.2) is 42.1 Å². The number of rotatable bonds is 4. The lowest BCUT2D eigenvalue weighted by Gasteiger charge is -2.26. The summed E-state index contributed by atoms with van der Waals surface area (Å²) in [5.74, 6) is 0.0286. The van der Waals surface area contributed by atoms with Gasteiger partial charge in [0.25, 0.3) is 0 Å². The number of nitrogens with zero attached hydrogens (tertiary/aromatic N) is 2. The molecule has 0 aromatic carbocycles. The van der Waals surface area contributed by atoms with Crippen molar-refractivity contribution in [2.75, 3.05) is 14.2 Å². The summed E-state index contributed by atoms with van der Waals surface area (Å²) in [4.78, 5) is 25.4. The van der Waals surface area contributed by atoms with Crippen LogP contribution in [0.5, 0.6) is 0 Å². The average Bonchev–Trinajstić information content (AvgIpc) is 3.11. The summed E-state index contributed by atoms with van der Waals surface area (Å²) < 4.78 is 9.87. The zero-order valence-corrected chi connectivity index (χ0v) is 11.6. The quantitative estimate of drug-likeness (QED) is 0.761. The van der Waals surface area contributed by atoms with Gasteiger partial charge in [-0.15, -0.1) is 0 Å². The standard InChI is InChI=1S/C13H18N2O4/c1-8-7-10(19-14-8)13(5-6-13)12(17)15(3)9(2)11(16)18-4/h7,9H,5-6H2,1-4H3. The third-order valence-electron chi connectivity index (χ3n) is 3.70. The molecule has 1 atom stereocenters. The number of hydrogen-bond donors (Lipinski definition) is 0. The summed E-state index contributed by atoms with van der Waals surface area (Å²) in [6, 6.07) is 1.17. The van der Waals surface area contributed by atoms with E-state index in [9.17, 15) is 9.59 Å². The zero-order chi connectivity index (χ0) is 14.2. The number of carbonyl (C=O) groups excluding carboxylic acids is 2. The lowest BCUT2D eigenvalue weighted by atomic mass is 10.0. The second kappa shape index (κ2) is 4.68. The molecule has 1 aliphatic carbocycles. The third kappa shape index (κ3) is 2.22. The van der Waals surface area contributed by atoms with E-state index < -0.39 is 17.4 Å². The van der Waals surface area contributed by atoms with Crippen LogP contribution in [0.25, 0.3) is 0 Å². The van der Waals surface area contributed by atoms with Gasteiger partial charge in [-0.25, -0.2) is 4.79 Å². The maximum atomic E-state index is 12.5. The van der Waals surface area contributed by atoms with Crippen molar-refractivity contribution in [3.8, 4) is 0 Å². The van der Waals surface area contributed by atoms with Crippen molar-refractivity contribution in [2.24, 2.45) is 0 Å². The van der Waals surface area contributed by atoms with Crippen LogP contribution in [-0.2, 0) is 19.7 Å². The highest BCUT2D eigenvalue weighted by Crippen LogP contribution is 2.49. The lowest BCUT2D eigenvalue weighted by Crippen LogP contribution is -2.45. The van der Waals surface area contributed by atoms with E-state index in [4.69, 9.17) is 4.52 Å². The molecule has 0 N–H and O–H groups in total. The molecule has 1 aromatic heterocycles. The van der Waals surface area contributed by atoms with E-state index in [2.05, 4.69) is 9.89 Å². The van der Waals surface area contributed by atoms with Crippen LogP contribution in [0.1, 0.15) is 31.2 Å². The summed E-state index contributed by atoms with van der Waals surface area (Å²) in [7, 11) is 2.91. The molecule has 1 saturated carbocycles. The first-order valence-electron chi connectivity index (χ1n) is 6.21. The molecule has 2 rings (SSSR count). The molecular formula is C13H18N2O4. The fraction of sp³-hybridized carbons (Fsp3) is 0.615. The Morgan fingerprint density at radius 1 is 1.53 bits per heavy atom. The van der Waals surface area contributed by atoms with Gasteiger partial charge in [-0.2, -0.15) is 0 Å². The van der Waals surface area contributed by atoms with Crippen molar-refractivity contribution < 1.29 is 18.8 Å². The molecule has 6 heteroatoms. The van der Waals surface area contributed by atoms with E-state index in [1.54, 1.807) is 20.0 Å². The molecule has 0 aliphatic heterocycles. The van der Waals surface area contributed by atoms with Gasteiger partial charge < -0.3 is 14.2 Å². The summed E-state index contributed by atoms with van der Waals surface area (Å²) in [6.07, 6.45) is 1.44. The van der Waals surface area contributed by atoms with Crippen LogP contribution in [0.2, 0.25) is 0 Å². The minimum atomic E-state index is -0.641. The molecule has 1 fully saturated rings. The maximum absolute atomic E-state index is 12.5. The highest BCUT2D eigenvalue weighted by molar-refractivity contribution is 5.93. The lowest BCUT2D eigenvalue weighted by molar-refractivity contribution is -0.152. The van der Waals surface area contributed by atoms with Gasteiger partial charge in [0, 0.05) is 13.1 Å². The largest absolute Gasteiger partial charge is 0.467 e. The van der Waals surface area contributed by atoms with Crippen molar-refractivity contribution in [3.63, 3.8) is 0 Å². The van der Waals surface area contributed by atoms with Gasteiger partial charge in [0.15, 0.2) is 5.76 Å². The fourth-order valence-corrected chi connectivity index (χ4v) is 2.12. The van der Waals surface area contributed by atoms with Gasteiger partial charge in [0.05, 0.1) is 12.8 Å². The van der Waals surface area contributed by atoms with Gasteiger partial charge >= 0.3 is 5.97 Å². The van der Waals surface area contributed by atoms with E-state index >= 15 is 0 Å². The number of hydrogen-bond acceptors (Lipinski definition) is 5. The number of likely N-dealkylation sites (N-methyl/N-ethyl adjacent to an activating group) is 1. The van der Waals surface area contributed by atoms with Crippen molar-refractivity contribution in [3.05, 3.63) is 17.5 Å². The van der Waals surface area contributed by atoms with E-state index in [0.29, 0.717) is 5.76 Å². The van der Waals surface area contributed by atoms with Crippen molar-refractivity contribution >= 4 is 11.9 Å². The second-order valence-electron chi connectivity index (χ2n) is 5.03. The third-order valence-corrected chi connectivity index (χ3v) is 3.70. The maximum Gasteiger partial charge on any atom is 0.328 e. The Hall–Kier alpha value is -1.85. The van der Waals surface area contributed by atoms with Gasteiger partial charge in [-0.1, -0.05) is 5.16 Å². The molecule has 1 aromatic rings. The normalized spacial score (nSPS) is 17.7. The number of aryl methyl sites for hydroxylation is 1. The van der Waals surface area contributed by atoms with Crippen LogP contribution in [0.15, 0.2) is 10.6 Å². The number of aromatic nitrogens is 1. The average molecular weight is 266 g/mol. The van der Waals surface area contributed by atoms with Crippen molar-refractivity contribution in [1.29, 1.82) is 0 Å². The van der Waals surface area contributed by atoms with E-state index in [-0.39, 0.29) is 5.91 Å². The van der Waals surface area contributed by atoms with Gasteiger partial charge in [-0.3, -0.25) is 4.79 Å². The number of esters is 1. The summed E-state index contributed by atoms with van der Waals surface area (Å²) in [5, 5.41) is 3.82. The molecule has 1 amide bonds. The second-order valence-corrected chi connectivity index (χ2v) is 5.03. The molecule has 1 aliphatic rings. The number of amides is 1. The highest BCUT2D eigenvalue weighted by Gasteiger charge is 2.56. The minimum absolute atomic E-state index is 0.124. The fourth-order valence-electron chi connectivity index (χ4n) is 2.12. The monoisotopic (exact) mass is 266 g/mol. The molecular weight excluding hydrogens is 248 g/mol. The molecule has 1 unspecified atom stereocenters. The van der Waals surface area contributed by atoms with Crippen LogP contribution in [0, 0.1) is 6.92 Å². The van der Waals surface area contributed by atoms with Gasteiger partial charge in [-0.05, 0) is 26.7 Å². The zero-order valence-electron chi connectivity index (χ0n) is 11.6. The molecule has 0 spiro atoms. The molecule has 0 radical (unpaired) electrons. The first kappa shape index (κ1) is 13.6. The Kier molecular flexibility index (Phi) is 3.34. The Morgan fingerprint density at radius 2 is 2.16 bits per heavy atom. The summed E-state index contributed by atoms with van der Waals surface area (Å²) >= 11 is 0. The molecule has 6 nitrogen and oxygen atoms in total. The first-order valence-corrected chi connectivity index (χ1v) is 6.21. The van der Waals surface area contributed by atoms with Crippen LogP contribution in [0.4, 0.5) is 0 Å². The Labute approximate surface area is 111 Å². The molecule has 1 heterocycles. The molecule has 0 saturated heterocycles. The Bertz CT molecular complexity index is 504. The van der Waals surface area contributed by atoms with Crippen LogP contribution < -0.4 is 0 Å². The molecule has 104 valence electrons. The highest BCUT2D eigenvalue weighted by atomic mass is 16.5. The smallest absolute Gasteiger partial charge is 0.328 e.